The molecule has 0 N–H and O–H groups in total. The second kappa shape index (κ2) is 12.7. The highest BCUT2D eigenvalue weighted by atomic mass is 14.2. The third-order valence-corrected chi connectivity index (χ3v) is 7.52. The zero-order valence-electron chi connectivity index (χ0n) is 24.8. The van der Waals surface area contributed by atoms with Crippen molar-refractivity contribution in [3.63, 3.8) is 0 Å². The van der Waals surface area contributed by atoms with E-state index in [0.717, 1.165) is 0 Å². The molecule has 0 bridgehead atoms. The summed E-state index contributed by atoms with van der Waals surface area (Å²) in [6.07, 6.45) is 0. The first-order chi connectivity index (χ1) is 20.3. The Morgan fingerprint density at radius 1 is 0.341 bits per heavy atom. The van der Waals surface area contributed by atoms with Gasteiger partial charge in [0.2, 0.25) is 0 Å². The lowest BCUT2D eigenvalue weighted by Gasteiger charge is -2.19. The van der Waals surface area contributed by atoms with Crippen LogP contribution in [0.3, 0.4) is 0 Å². The summed E-state index contributed by atoms with van der Waals surface area (Å²) >= 11 is 0. The maximum Gasteiger partial charge on any atom is -0.00201 e. The molecule has 0 aromatic heterocycles. The smallest absolute Gasteiger partial charge is 0.00201 e. The summed E-state index contributed by atoms with van der Waals surface area (Å²) in [5, 5.41) is 7.73. The fraction of sp³-hybridized carbons (Fsp3) is 0.122. The SMILES string of the molecule is CC.CC.Cc1ccc2c(-c3cccc4ccccc34)c3ccccc3c(-c3ccc(-c4ccccc4)cc3)c2c1. The molecule has 7 rings (SSSR count). The Labute approximate surface area is 244 Å². The average molecular weight is 531 g/mol. The van der Waals surface area contributed by atoms with Crippen molar-refractivity contribution < 1.29 is 0 Å². The molecule has 7 aromatic rings. The molecule has 0 fully saturated rings. The minimum atomic E-state index is 1.24. The Balaban J connectivity index is 0.000000810. The van der Waals surface area contributed by atoms with Gasteiger partial charge in [-0.2, -0.15) is 0 Å². The first-order valence-corrected chi connectivity index (χ1v) is 14.9. The molecule has 0 heteroatoms. The van der Waals surface area contributed by atoms with Crippen molar-refractivity contribution in [2.75, 3.05) is 0 Å². The van der Waals surface area contributed by atoms with Gasteiger partial charge in [-0.25, -0.2) is 0 Å². The Bertz CT molecular complexity index is 1900. The van der Waals surface area contributed by atoms with E-state index in [9.17, 15) is 0 Å². The van der Waals surface area contributed by atoms with Crippen LogP contribution in [-0.2, 0) is 0 Å². The maximum absolute atomic E-state index is 2.36. The van der Waals surface area contributed by atoms with Gasteiger partial charge in [0.15, 0.2) is 0 Å². The van der Waals surface area contributed by atoms with E-state index in [1.54, 1.807) is 0 Å². The molecule has 0 amide bonds. The van der Waals surface area contributed by atoms with Gasteiger partial charge < -0.3 is 0 Å². The molecule has 0 aliphatic carbocycles. The summed E-state index contributed by atoms with van der Waals surface area (Å²) in [6.45, 7) is 10.2. The van der Waals surface area contributed by atoms with Crippen LogP contribution in [0.25, 0.3) is 65.7 Å². The van der Waals surface area contributed by atoms with Crippen molar-refractivity contribution in [1.29, 1.82) is 0 Å². The van der Waals surface area contributed by atoms with Gasteiger partial charge in [-0.15, -0.1) is 0 Å². The first kappa shape index (κ1) is 27.9. The largest absolute Gasteiger partial charge is 0.0683 e. The number of benzene rings is 7. The minimum absolute atomic E-state index is 1.24. The molecule has 0 atom stereocenters. The van der Waals surface area contributed by atoms with Crippen LogP contribution in [0.1, 0.15) is 33.3 Å². The van der Waals surface area contributed by atoms with Gasteiger partial charge in [0, 0.05) is 0 Å². The van der Waals surface area contributed by atoms with Crippen LogP contribution in [0.5, 0.6) is 0 Å². The highest BCUT2D eigenvalue weighted by Crippen LogP contribution is 2.45. The zero-order chi connectivity index (χ0) is 28.8. The van der Waals surface area contributed by atoms with E-state index in [1.807, 2.05) is 27.7 Å². The first-order valence-electron chi connectivity index (χ1n) is 14.9. The van der Waals surface area contributed by atoms with E-state index in [2.05, 4.69) is 146 Å². The van der Waals surface area contributed by atoms with Gasteiger partial charge >= 0.3 is 0 Å². The Kier molecular flexibility index (Phi) is 8.61. The second-order valence-electron chi connectivity index (χ2n) is 9.81. The van der Waals surface area contributed by atoms with E-state index >= 15 is 0 Å². The van der Waals surface area contributed by atoms with Crippen molar-refractivity contribution in [3.05, 3.63) is 145 Å². The Morgan fingerprint density at radius 3 is 1.56 bits per heavy atom. The lowest BCUT2D eigenvalue weighted by molar-refractivity contribution is 1.50. The zero-order valence-corrected chi connectivity index (χ0v) is 24.8. The normalized spacial score (nSPS) is 10.6. The van der Waals surface area contributed by atoms with E-state index in [1.165, 1.54) is 71.3 Å². The van der Waals surface area contributed by atoms with Crippen LogP contribution in [0.4, 0.5) is 0 Å². The monoisotopic (exact) mass is 530 g/mol. The fourth-order valence-corrected chi connectivity index (χ4v) is 5.80. The lowest BCUT2D eigenvalue weighted by Crippen LogP contribution is -1.92. The third kappa shape index (κ3) is 5.26. The van der Waals surface area contributed by atoms with Crippen LogP contribution in [0.2, 0.25) is 0 Å². The van der Waals surface area contributed by atoms with Gasteiger partial charge in [-0.1, -0.05) is 173 Å². The summed E-state index contributed by atoms with van der Waals surface area (Å²) in [7, 11) is 0. The maximum atomic E-state index is 2.36. The Morgan fingerprint density at radius 2 is 0.854 bits per heavy atom. The van der Waals surface area contributed by atoms with E-state index in [4.69, 9.17) is 0 Å². The third-order valence-electron chi connectivity index (χ3n) is 7.52. The van der Waals surface area contributed by atoms with Crippen LogP contribution in [-0.4, -0.2) is 0 Å². The molecule has 0 aliphatic heterocycles. The molecule has 0 saturated heterocycles. The predicted molar refractivity (Wildman–Crippen MR) is 183 cm³/mol. The van der Waals surface area contributed by atoms with Gasteiger partial charge in [-0.05, 0) is 72.6 Å². The Hall–Kier alpha value is -4.68. The molecular weight excluding hydrogens is 492 g/mol. The molecule has 202 valence electrons. The highest BCUT2D eigenvalue weighted by Gasteiger charge is 2.18. The number of fused-ring (bicyclic) bond motifs is 3. The molecule has 0 aliphatic rings. The number of rotatable bonds is 3. The standard InChI is InChI=1S/C37H26.2C2H6/c1-25-18-23-34-35(24-25)36(29-21-19-27(20-22-29)26-10-3-2-4-11-26)32-15-7-8-16-33(32)37(34)31-17-9-13-28-12-5-6-14-30(28)31;2*1-2/h2-24H,1H3;2*1-2H3. The van der Waals surface area contributed by atoms with Crippen LogP contribution < -0.4 is 0 Å². The summed E-state index contributed by atoms with van der Waals surface area (Å²) in [4.78, 5) is 0. The molecule has 41 heavy (non-hydrogen) atoms. The lowest BCUT2D eigenvalue weighted by atomic mass is 9.84. The highest BCUT2D eigenvalue weighted by molar-refractivity contribution is 6.23. The molecular formula is C41H38. The molecule has 0 saturated carbocycles. The van der Waals surface area contributed by atoms with Crippen molar-refractivity contribution in [2.45, 2.75) is 34.6 Å². The molecule has 0 heterocycles. The second-order valence-corrected chi connectivity index (χ2v) is 9.81. The fourth-order valence-electron chi connectivity index (χ4n) is 5.80. The summed E-state index contributed by atoms with van der Waals surface area (Å²) in [5.74, 6) is 0. The van der Waals surface area contributed by atoms with E-state index < -0.39 is 0 Å². The summed E-state index contributed by atoms with van der Waals surface area (Å²) in [6, 6.07) is 50.8. The van der Waals surface area contributed by atoms with Crippen LogP contribution in [0, 0.1) is 6.92 Å². The van der Waals surface area contributed by atoms with Gasteiger partial charge in [0.1, 0.15) is 0 Å². The summed E-state index contributed by atoms with van der Waals surface area (Å²) in [5.41, 5.74) is 8.90. The number of hydrogen-bond donors (Lipinski definition) is 0. The molecule has 0 nitrogen and oxygen atoms in total. The molecule has 7 aromatic carbocycles. The average Bonchev–Trinajstić information content (AvgIpc) is 3.06. The molecule has 0 spiro atoms. The quantitative estimate of drug-likeness (QED) is 0.199. The van der Waals surface area contributed by atoms with Crippen molar-refractivity contribution in [1.82, 2.24) is 0 Å². The van der Waals surface area contributed by atoms with Crippen molar-refractivity contribution in [3.8, 4) is 33.4 Å². The topological polar surface area (TPSA) is 0 Å². The molecule has 0 unspecified atom stereocenters. The predicted octanol–water partition coefficient (Wildman–Crippen LogP) is 12.5. The van der Waals surface area contributed by atoms with Crippen molar-refractivity contribution in [2.24, 2.45) is 0 Å². The van der Waals surface area contributed by atoms with Crippen LogP contribution >= 0.6 is 0 Å². The van der Waals surface area contributed by atoms with Gasteiger partial charge in [0.05, 0.1) is 0 Å². The minimum Gasteiger partial charge on any atom is -0.0683 e. The molecule has 0 radical (unpaired) electrons. The van der Waals surface area contributed by atoms with E-state index in [-0.39, 0.29) is 0 Å². The van der Waals surface area contributed by atoms with Crippen LogP contribution in [0.15, 0.2) is 140 Å². The van der Waals surface area contributed by atoms with Crippen molar-refractivity contribution >= 4 is 32.3 Å². The number of aryl methyl sites for hydroxylation is 1. The summed E-state index contributed by atoms with van der Waals surface area (Å²) < 4.78 is 0. The number of hydrogen-bond acceptors (Lipinski definition) is 0. The van der Waals surface area contributed by atoms with E-state index in [0.29, 0.717) is 0 Å². The van der Waals surface area contributed by atoms with Gasteiger partial charge in [0.25, 0.3) is 0 Å². The van der Waals surface area contributed by atoms with Gasteiger partial charge in [-0.3, -0.25) is 0 Å².